The van der Waals surface area contributed by atoms with Gasteiger partial charge in [0.25, 0.3) is 0 Å². The molecule has 0 aromatic heterocycles. The van der Waals surface area contributed by atoms with E-state index in [2.05, 4.69) is 38.0 Å². The fourth-order valence-electron chi connectivity index (χ4n) is 1.33. The monoisotopic (exact) mass is 226 g/mol. The third-order valence-electron chi connectivity index (χ3n) is 2.63. The average molecular weight is 225 g/mol. The zero-order valence-corrected chi connectivity index (χ0v) is 10.7. The van der Waals surface area contributed by atoms with Crippen molar-refractivity contribution in [3.63, 3.8) is 0 Å². The van der Waals surface area contributed by atoms with Crippen LogP contribution in [0.2, 0.25) is 15.8 Å². The van der Waals surface area contributed by atoms with Crippen LogP contribution in [0.3, 0.4) is 0 Å². The second kappa shape index (κ2) is 6.37. The van der Waals surface area contributed by atoms with Crippen LogP contribution in [-0.2, 0) is 0 Å². The molecule has 0 radical (unpaired) electrons. The van der Waals surface area contributed by atoms with Gasteiger partial charge in [-0.2, -0.15) is 0 Å². The summed E-state index contributed by atoms with van der Waals surface area (Å²) in [5.41, 5.74) is 0. The van der Waals surface area contributed by atoms with Gasteiger partial charge in [-0.05, 0) is 0 Å². The summed E-state index contributed by atoms with van der Waals surface area (Å²) in [4.78, 5) is 0. The van der Waals surface area contributed by atoms with Crippen LogP contribution in [0, 0.1) is 10.7 Å². The molecular formula is C11H20Ge. The molecule has 0 heterocycles. The Balaban J connectivity index is 4.31. The van der Waals surface area contributed by atoms with Crippen LogP contribution in [0.1, 0.15) is 27.2 Å². The summed E-state index contributed by atoms with van der Waals surface area (Å²) in [6, 6.07) is 0. The van der Waals surface area contributed by atoms with Crippen molar-refractivity contribution in [3.8, 4) is 10.7 Å². The Morgan fingerprint density at radius 3 is 2.00 bits per heavy atom. The van der Waals surface area contributed by atoms with Crippen LogP contribution in [0.25, 0.3) is 0 Å². The van der Waals surface area contributed by atoms with Crippen LogP contribution in [-0.4, -0.2) is 13.3 Å². The number of allylic oxidation sites excluding steroid dienone is 1. The van der Waals surface area contributed by atoms with Crippen LogP contribution < -0.4 is 0 Å². The summed E-state index contributed by atoms with van der Waals surface area (Å²) in [5, 5.41) is 4.03. The van der Waals surface area contributed by atoms with Crippen LogP contribution in [0.15, 0.2) is 12.7 Å². The normalized spacial score (nSPS) is 10.2. The first-order valence-electron chi connectivity index (χ1n) is 4.85. The SMILES string of the molecule is C=CCC#[C][Ge]([CH2]C)([CH2]C)[CH2]C. The van der Waals surface area contributed by atoms with Gasteiger partial charge in [0.1, 0.15) is 0 Å². The van der Waals surface area contributed by atoms with E-state index < -0.39 is 13.3 Å². The van der Waals surface area contributed by atoms with E-state index in [4.69, 9.17) is 0 Å². The summed E-state index contributed by atoms with van der Waals surface area (Å²) in [7, 11) is 0. The summed E-state index contributed by atoms with van der Waals surface area (Å²) in [5.74, 6) is 3.24. The fourth-order valence-corrected chi connectivity index (χ4v) is 6.59. The number of rotatable bonds is 4. The minimum atomic E-state index is -1.66. The maximum absolute atomic E-state index is 3.68. The van der Waals surface area contributed by atoms with Crippen LogP contribution >= 0.6 is 0 Å². The Kier molecular flexibility index (Phi) is 6.29. The molecule has 0 fully saturated rings. The van der Waals surface area contributed by atoms with Crippen LogP contribution in [0.4, 0.5) is 0 Å². The fraction of sp³-hybridized carbons (Fsp3) is 0.636. The van der Waals surface area contributed by atoms with Gasteiger partial charge in [0, 0.05) is 0 Å². The molecule has 0 atom stereocenters. The van der Waals surface area contributed by atoms with E-state index in [0.29, 0.717) is 0 Å². The van der Waals surface area contributed by atoms with Gasteiger partial charge in [0.05, 0.1) is 0 Å². The Bertz CT molecular complexity index is 171. The summed E-state index contributed by atoms with van der Waals surface area (Å²) >= 11 is -1.66. The van der Waals surface area contributed by atoms with E-state index in [9.17, 15) is 0 Å². The molecule has 0 rings (SSSR count). The van der Waals surface area contributed by atoms with E-state index in [0.717, 1.165) is 6.42 Å². The second-order valence-corrected chi connectivity index (χ2v) is 13.5. The molecule has 0 aliphatic carbocycles. The van der Waals surface area contributed by atoms with Gasteiger partial charge >= 0.3 is 79.5 Å². The molecule has 0 nitrogen and oxygen atoms in total. The van der Waals surface area contributed by atoms with Gasteiger partial charge in [-0.25, -0.2) is 0 Å². The Morgan fingerprint density at radius 1 is 1.17 bits per heavy atom. The Labute approximate surface area is 79.8 Å². The molecule has 0 bridgehead atoms. The minimum absolute atomic E-state index is 0.868. The van der Waals surface area contributed by atoms with E-state index in [1.54, 1.807) is 0 Å². The van der Waals surface area contributed by atoms with Crippen LogP contribution in [0.5, 0.6) is 0 Å². The van der Waals surface area contributed by atoms with Crippen molar-refractivity contribution in [1.82, 2.24) is 0 Å². The Morgan fingerprint density at radius 2 is 1.67 bits per heavy atom. The standard InChI is InChI=1S/C11H20Ge/c1-5-9-10-11-12(6-2,7-3)8-4/h5H,1,6-9H2,2-4H3. The van der Waals surface area contributed by atoms with Crippen molar-refractivity contribution in [2.75, 3.05) is 0 Å². The molecule has 12 heavy (non-hydrogen) atoms. The van der Waals surface area contributed by atoms with Gasteiger partial charge in [0.15, 0.2) is 0 Å². The summed E-state index contributed by atoms with van der Waals surface area (Å²) < 4.78 is 3.55. The summed E-state index contributed by atoms with van der Waals surface area (Å²) in [6.45, 7) is 10.6. The van der Waals surface area contributed by atoms with E-state index >= 15 is 0 Å². The molecule has 0 N–H and O–H groups in total. The average Bonchev–Trinajstić information content (AvgIpc) is 2.14. The molecule has 0 aromatic rings. The third kappa shape index (κ3) is 3.49. The molecule has 0 saturated heterocycles. The predicted octanol–water partition coefficient (Wildman–Crippen LogP) is 3.61. The molecule has 0 aliphatic rings. The molecule has 68 valence electrons. The number of hydrogen-bond acceptors (Lipinski definition) is 0. The van der Waals surface area contributed by atoms with Crippen molar-refractivity contribution in [2.24, 2.45) is 0 Å². The molecule has 0 saturated carbocycles. The van der Waals surface area contributed by atoms with Gasteiger partial charge < -0.3 is 0 Å². The molecule has 0 aliphatic heterocycles. The molecule has 1 heteroatoms. The van der Waals surface area contributed by atoms with Crippen molar-refractivity contribution < 1.29 is 0 Å². The Hall–Kier alpha value is -0.157. The number of hydrogen-bond donors (Lipinski definition) is 0. The topological polar surface area (TPSA) is 0 Å². The van der Waals surface area contributed by atoms with Gasteiger partial charge in [0.2, 0.25) is 0 Å². The maximum atomic E-state index is 3.68. The molecular weight excluding hydrogens is 205 g/mol. The first-order chi connectivity index (χ1) is 5.74. The van der Waals surface area contributed by atoms with Gasteiger partial charge in [-0.1, -0.05) is 0 Å². The first-order valence-corrected chi connectivity index (χ1v) is 10.4. The molecule has 0 aromatic carbocycles. The van der Waals surface area contributed by atoms with Gasteiger partial charge in [-0.3, -0.25) is 0 Å². The molecule has 0 amide bonds. The molecule has 0 spiro atoms. The zero-order valence-electron chi connectivity index (χ0n) is 8.61. The summed E-state index contributed by atoms with van der Waals surface area (Å²) in [6.07, 6.45) is 2.76. The first kappa shape index (κ1) is 11.8. The molecule has 0 unspecified atom stereocenters. The quantitative estimate of drug-likeness (QED) is 0.389. The predicted molar refractivity (Wildman–Crippen MR) is 59.8 cm³/mol. The van der Waals surface area contributed by atoms with Crippen molar-refractivity contribution in [3.05, 3.63) is 12.7 Å². The van der Waals surface area contributed by atoms with Crippen molar-refractivity contribution in [1.29, 1.82) is 0 Å². The third-order valence-corrected chi connectivity index (χ3v) is 12.6. The van der Waals surface area contributed by atoms with Gasteiger partial charge in [-0.15, -0.1) is 0 Å². The zero-order chi connectivity index (χ0) is 9.45. The van der Waals surface area contributed by atoms with E-state index in [-0.39, 0.29) is 0 Å². The second-order valence-electron chi connectivity index (χ2n) is 3.14. The van der Waals surface area contributed by atoms with Crippen molar-refractivity contribution >= 4 is 13.3 Å². The van der Waals surface area contributed by atoms with E-state index in [1.807, 2.05) is 6.08 Å². The van der Waals surface area contributed by atoms with E-state index in [1.165, 1.54) is 15.8 Å². The van der Waals surface area contributed by atoms with Crippen molar-refractivity contribution in [2.45, 2.75) is 43.0 Å².